The second kappa shape index (κ2) is 6.37. The molecule has 0 fully saturated rings. The normalized spacial score (nSPS) is 13.5. The van der Waals surface area contributed by atoms with Crippen LogP contribution in [-0.2, 0) is 19.4 Å². The van der Waals surface area contributed by atoms with Gasteiger partial charge in [0.2, 0.25) is 17.6 Å². The molecule has 0 amide bonds. The maximum Gasteiger partial charge on any atom is 0.231 e. The summed E-state index contributed by atoms with van der Waals surface area (Å²) in [5, 5.41) is 7.42. The molecule has 1 aliphatic rings. The van der Waals surface area contributed by atoms with Gasteiger partial charge in [-0.05, 0) is 29.7 Å². The monoisotopic (exact) mass is 323 g/mol. The maximum absolute atomic E-state index is 5.41. The molecule has 0 unspecified atom stereocenters. The molecule has 1 N–H and O–H groups in total. The van der Waals surface area contributed by atoms with E-state index in [1.807, 2.05) is 0 Å². The topological polar surface area (TPSA) is 86.0 Å². The van der Waals surface area contributed by atoms with Gasteiger partial charge in [0.1, 0.15) is 12.0 Å². The first kappa shape index (κ1) is 14.8. The van der Waals surface area contributed by atoms with E-state index in [1.54, 1.807) is 13.2 Å². The Morgan fingerprint density at radius 1 is 1.29 bits per heavy atom. The standard InChI is InChI=1S/C17H17N5O2/c1-23-15-8-14(19-10-20-15)17-21-16(24-22-17)7-11-3-2-4-12-9-18-6-5-13(11)12/h2-4,8,10,18H,5-7,9H2,1H3. The van der Waals surface area contributed by atoms with Crippen molar-refractivity contribution in [2.45, 2.75) is 19.4 Å². The van der Waals surface area contributed by atoms with Crippen LogP contribution in [0.1, 0.15) is 22.6 Å². The Morgan fingerprint density at radius 2 is 2.25 bits per heavy atom. The summed E-state index contributed by atoms with van der Waals surface area (Å²) in [6.07, 6.45) is 3.07. The molecule has 0 saturated heterocycles. The summed E-state index contributed by atoms with van der Waals surface area (Å²) in [5.74, 6) is 1.49. The van der Waals surface area contributed by atoms with Crippen LogP contribution in [0.4, 0.5) is 0 Å². The summed E-state index contributed by atoms with van der Waals surface area (Å²) in [6, 6.07) is 8.05. The van der Waals surface area contributed by atoms with Crippen molar-refractivity contribution in [3.8, 4) is 17.4 Å². The van der Waals surface area contributed by atoms with Gasteiger partial charge in [0.05, 0.1) is 13.5 Å². The molecule has 4 rings (SSSR count). The third kappa shape index (κ3) is 2.85. The summed E-state index contributed by atoms with van der Waals surface area (Å²) < 4.78 is 10.5. The summed E-state index contributed by atoms with van der Waals surface area (Å²) in [4.78, 5) is 12.6. The Kier molecular flexibility index (Phi) is 3.92. The van der Waals surface area contributed by atoms with Crippen molar-refractivity contribution in [2.75, 3.05) is 13.7 Å². The number of benzene rings is 1. The van der Waals surface area contributed by atoms with Gasteiger partial charge in [0.15, 0.2) is 0 Å². The predicted octanol–water partition coefficient (Wildman–Crippen LogP) is 1.77. The molecule has 0 bridgehead atoms. The van der Waals surface area contributed by atoms with Crippen molar-refractivity contribution in [3.63, 3.8) is 0 Å². The van der Waals surface area contributed by atoms with Crippen LogP contribution in [0.3, 0.4) is 0 Å². The quantitative estimate of drug-likeness (QED) is 0.783. The number of hydrogen-bond donors (Lipinski definition) is 1. The molecule has 122 valence electrons. The minimum atomic E-state index is 0.442. The van der Waals surface area contributed by atoms with Crippen molar-refractivity contribution in [3.05, 3.63) is 53.2 Å². The first-order chi connectivity index (χ1) is 11.8. The van der Waals surface area contributed by atoms with Crippen LogP contribution in [0.2, 0.25) is 0 Å². The van der Waals surface area contributed by atoms with E-state index < -0.39 is 0 Å². The van der Waals surface area contributed by atoms with E-state index >= 15 is 0 Å². The van der Waals surface area contributed by atoms with E-state index in [9.17, 15) is 0 Å². The zero-order chi connectivity index (χ0) is 16.4. The van der Waals surface area contributed by atoms with Crippen LogP contribution in [0.25, 0.3) is 11.5 Å². The zero-order valence-electron chi connectivity index (χ0n) is 13.3. The molecule has 2 aromatic heterocycles. The van der Waals surface area contributed by atoms with E-state index in [-0.39, 0.29) is 0 Å². The Balaban J connectivity index is 1.60. The third-order valence-corrected chi connectivity index (χ3v) is 4.13. The zero-order valence-corrected chi connectivity index (χ0v) is 13.3. The lowest BCUT2D eigenvalue weighted by Gasteiger charge is -2.19. The highest BCUT2D eigenvalue weighted by molar-refractivity contribution is 5.49. The molecular weight excluding hydrogens is 306 g/mol. The number of methoxy groups -OCH3 is 1. The highest BCUT2D eigenvalue weighted by Gasteiger charge is 2.16. The lowest BCUT2D eigenvalue weighted by Crippen LogP contribution is -2.24. The number of aromatic nitrogens is 4. The van der Waals surface area contributed by atoms with E-state index in [0.29, 0.717) is 29.7 Å². The van der Waals surface area contributed by atoms with Crippen LogP contribution >= 0.6 is 0 Å². The largest absolute Gasteiger partial charge is 0.481 e. The van der Waals surface area contributed by atoms with E-state index in [1.165, 1.54) is 23.0 Å². The van der Waals surface area contributed by atoms with Crippen LogP contribution in [0.15, 0.2) is 35.1 Å². The van der Waals surface area contributed by atoms with E-state index in [4.69, 9.17) is 9.26 Å². The summed E-state index contributed by atoms with van der Waals surface area (Å²) in [7, 11) is 1.56. The Labute approximate surface area is 139 Å². The second-order valence-corrected chi connectivity index (χ2v) is 5.62. The number of hydrogen-bond acceptors (Lipinski definition) is 7. The molecule has 3 heterocycles. The van der Waals surface area contributed by atoms with Gasteiger partial charge in [0.25, 0.3) is 0 Å². The average Bonchev–Trinajstić information content (AvgIpc) is 3.11. The SMILES string of the molecule is COc1cc(-c2noc(Cc3cccc4c3CCNC4)n2)ncn1. The fourth-order valence-corrected chi connectivity index (χ4v) is 2.94. The predicted molar refractivity (Wildman–Crippen MR) is 86.5 cm³/mol. The van der Waals surface area contributed by atoms with E-state index in [2.05, 4.69) is 43.6 Å². The van der Waals surface area contributed by atoms with Gasteiger partial charge in [-0.25, -0.2) is 9.97 Å². The molecule has 1 aromatic carbocycles. The second-order valence-electron chi connectivity index (χ2n) is 5.62. The molecule has 7 heteroatoms. The molecule has 0 saturated carbocycles. The van der Waals surface area contributed by atoms with Crippen molar-refractivity contribution in [1.29, 1.82) is 0 Å². The highest BCUT2D eigenvalue weighted by atomic mass is 16.5. The fourth-order valence-electron chi connectivity index (χ4n) is 2.94. The van der Waals surface area contributed by atoms with Crippen LogP contribution in [0.5, 0.6) is 5.88 Å². The summed E-state index contributed by atoms with van der Waals surface area (Å²) in [5.41, 5.74) is 4.55. The van der Waals surface area contributed by atoms with Crippen molar-refractivity contribution < 1.29 is 9.26 Å². The molecule has 0 spiro atoms. The first-order valence-corrected chi connectivity index (χ1v) is 7.83. The maximum atomic E-state index is 5.41. The lowest BCUT2D eigenvalue weighted by molar-refractivity contribution is 0.385. The van der Waals surface area contributed by atoms with Crippen LogP contribution in [0, 0.1) is 0 Å². The Bertz CT molecular complexity index is 862. The van der Waals surface area contributed by atoms with E-state index in [0.717, 1.165) is 19.5 Å². The third-order valence-electron chi connectivity index (χ3n) is 4.13. The van der Waals surface area contributed by atoms with Crippen molar-refractivity contribution in [1.82, 2.24) is 25.4 Å². The van der Waals surface area contributed by atoms with Crippen molar-refractivity contribution >= 4 is 0 Å². The molecule has 0 atom stereocenters. The number of nitrogens with one attached hydrogen (secondary N) is 1. The molecule has 1 aliphatic heterocycles. The number of rotatable bonds is 4. The Morgan fingerprint density at radius 3 is 3.17 bits per heavy atom. The van der Waals surface area contributed by atoms with Gasteiger partial charge in [-0.2, -0.15) is 4.98 Å². The minimum absolute atomic E-state index is 0.442. The Hall–Kier alpha value is -2.80. The highest BCUT2D eigenvalue weighted by Crippen LogP contribution is 2.22. The molecule has 0 aliphatic carbocycles. The van der Waals surface area contributed by atoms with Gasteiger partial charge < -0.3 is 14.6 Å². The smallest absolute Gasteiger partial charge is 0.231 e. The fraction of sp³-hybridized carbons (Fsp3) is 0.294. The average molecular weight is 323 g/mol. The van der Waals surface area contributed by atoms with Gasteiger partial charge in [-0.3, -0.25) is 0 Å². The first-order valence-electron chi connectivity index (χ1n) is 7.83. The number of nitrogens with zero attached hydrogens (tertiary/aromatic N) is 4. The minimum Gasteiger partial charge on any atom is -0.481 e. The summed E-state index contributed by atoms with van der Waals surface area (Å²) in [6.45, 7) is 1.92. The molecular formula is C17H17N5O2. The molecule has 3 aromatic rings. The summed E-state index contributed by atoms with van der Waals surface area (Å²) >= 11 is 0. The number of fused-ring (bicyclic) bond motifs is 1. The molecule has 0 radical (unpaired) electrons. The number of ether oxygens (including phenoxy) is 1. The van der Waals surface area contributed by atoms with Crippen LogP contribution < -0.4 is 10.1 Å². The van der Waals surface area contributed by atoms with Crippen molar-refractivity contribution in [2.24, 2.45) is 0 Å². The molecule has 7 nitrogen and oxygen atoms in total. The van der Waals surface area contributed by atoms with Gasteiger partial charge in [0, 0.05) is 12.6 Å². The van der Waals surface area contributed by atoms with Gasteiger partial charge >= 0.3 is 0 Å². The van der Waals surface area contributed by atoms with Gasteiger partial charge in [-0.15, -0.1) is 0 Å². The van der Waals surface area contributed by atoms with Crippen LogP contribution in [-0.4, -0.2) is 33.8 Å². The molecule has 24 heavy (non-hydrogen) atoms. The lowest BCUT2D eigenvalue weighted by atomic mass is 9.94. The van der Waals surface area contributed by atoms with Gasteiger partial charge in [-0.1, -0.05) is 23.4 Å².